The molecular weight excluding hydrogens is 204 g/mol. The number of hydrogen-bond acceptors (Lipinski definition) is 3. The van der Waals surface area contributed by atoms with Crippen LogP contribution in [0, 0.1) is 0 Å². The summed E-state index contributed by atoms with van der Waals surface area (Å²) in [5.41, 5.74) is 0. The first-order valence-corrected chi connectivity index (χ1v) is 6.30. The highest BCUT2D eigenvalue weighted by Gasteiger charge is 2.10. The standard InChI is InChI=1S/C12H26N2O2/c1-4-7-13(6-3)9-10-14(8-5-2)11-12(15)16/h4-11H2,1-3H3,(H,15,16). The maximum atomic E-state index is 10.7. The Labute approximate surface area is 99.2 Å². The smallest absolute Gasteiger partial charge is 0.317 e. The molecule has 1 N–H and O–H groups in total. The van der Waals surface area contributed by atoms with Gasteiger partial charge in [-0.15, -0.1) is 0 Å². The molecule has 0 radical (unpaired) electrons. The zero-order chi connectivity index (χ0) is 12.4. The minimum absolute atomic E-state index is 0.164. The molecule has 0 bridgehead atoms. The highest BCUT2D eigenvalue weighted by Crippen LogP contribution is 1.95. The van der Waals surface area contributed by atoms with E-state index in [1.807, 2.05) is 4.90 Å². The average Bonchev–Trinajstić information content (AvgIpc) is 2.23. The van der Waals surface area contributed by atoms with Crippen LogP contribution in [0.5, 0.6) is 0 Å². The second kappa shape index (κ2) is 9.60. The summed E-state index contributed by atoms with van der Waals surface area (Å²) < 4.78 is 0. The maximum absolute atomic E-state index is 10.7. The van der Waals surface area contributed by atoms with Crippen LogP contribution in [-0.4, -0.2) is 60.1 Å². The third-order valence-electron chi connectivity index (χ3n) is 2.62. The van der Waals surface area contributed by atoms with E-state index in [1.54, 1.807) is 0 Å². The summed E-state index contributed by atoms with van der Waals surface area (Å²) in [4.78, 5) is 15.0. The molecule has 0 saturated heterocycles. The molecule has 4 heteroatoms. The molecule has 0 heterocycles. The van der Waals surface area contributed by atoms with E-state index in [0.29, 0.717) is 0 Å². The van der Waals surface area contributed by atoms with Crippen LogP contribution in [0.25, 0.3) is 0 Å². The largest absolute Gasteiger partial charge is 0.480 e. The van der Waals surface area contributed by atoms with Crippen molar-refractivity contribution in [1.82, 2.24) is 9.80 Å². The van der Waals surface area contributed by atoms with Crippen LogP contribution in [0.3, 0.4) is 0 Å². The van der Waals surface area contributed by atoms with Gasteiger partial charge in [0.15, 0.2) is 0 Å². The minimum atomic E-state index is -0.730. The van der Waals surface area contributed by atoms with Crippen molar-refractivity contribution in [2.24, 2.45) is 0 Å². The summed E-state index contributed by atoms with van der Waals surface area (Å²) in [6.45, 7) is 11.4. The molecule has 0 atom stereocenters. The molecule has 16 heavy (non-hydrogen) atoms. The van der Waals surface area contributed by atoms with Gasteiger partial charge in [-0.25, -0.2) is 0 Å². The molecule has 96 valence electrons. The quantitative estimate of drug-likeness (QED) is 0.618. The van der Waals surface area contributed by atoms with Crippen LogP contribution in [0.2, 0.25) is 0 Å². The van der Waals surface area contributed by atoms with Gasteiger partial charge in [0.1, 0.15) is 0 Å². The lowest BCUT2D eigenvalue weighted by molar-refractivity contribution is -0.138. The van der Waals surface area contributed by atoms with Gasteiger partial charge in [0.05, 0.1) is 6.54 Å². The van der Waals surface area contributed by atoms with Crippen molar-refractivity contribution >= 4 is 5.97 Å². The van der Waals surface area contributed by atoms with Crippen LogP contribution in [0.4, 0.5) is 0 Å². The van der Waals surface area contributed by atoms with Crippen LogP contribution < -0.4 is 0 Å². The predicted molar refractivity (Wildman–Crippen MR) is 66.8 cm³/mol. The minimum Gasteiger partial charge on any atom is -0.480 e. The van der Waals surface area contributed by atoms with Crippen molar-refractivity contribution in [2.75, 3.05) is 39.3 Å². The topological polar surface area (TPSA) is 43.8 Å². The summed E-state index contributed by atoms with van der Waals surface area (Å²) >= 11 is 0. The van der Waals surface area contributed by atoms with Gasteiger partial charge in [-0.2, -0.15) is 0 Å². The van der Waals surface area contributed by atoms with Crippen molar-refractivity contribution in [2.45, 2.75) is 33.6 Å². The average molecular weight is 230 g/mol. The van der Waals surface area contributed by atoms with E-state index >= 15 is 0 Å². The van der Waals surface area contributed by atoms with E-state index in [2.05, 4.69) is 25.7 Å². The first-order valence-electron chi connectivity index (χ1n) is 6.30. The maximum Gasteiger partial charge on any atom is 0.317 e. The van der Waals surface area contributed by atoms with Crippen molar-refractivity contribution in [1.29, 1.82) is 0 Å². The molecule has 0 aliphatic heterocycles. The van der Waals surface area contributed by atoms with Crippen LogP contribution >= 0.6 is 0 Å². The number of carbonyl (C=O) groups is 1. The Kier molecular flexibility index (Phi) is 9.24. The Morgan fingerprint density at radius 3 is 1.88 bits per heavy atom. The van der Waals surface area contributed by atoms with E-state index in [0.717, 1.165) is 45.6 Å². The molecule has 0 aliphatic rings. The lowest BCUT2D eigenvalue weighted by Crippen LogP contribution is -2.38. The molecule has 0 aromatic rings. The lowest BCUT2D eigenvalue weighted by Gasteiger charge is -2.25. The van der Waals surface area contributed by atoms with Crippen molar-refractivity contribution in [3.8, 4) is 0 Å². The molecule has 4 nitrogen and oxygen atoms in total. The molecule has 0 saturated carbocycles. The monoisotopic (exact) mass is 230 g/mol. The molecule has 0 rings (SSSR count). The van der Waals surface area contributed by atoms with Gasteiger partial charge in [0, 0.05) is 13.1 Å². The predicted octanol–water partition coefficient (Wildman–Crippen LogP) is 1.51. The molecule has 0 aromatic heterocycles. The molecule has 0 spiro atoms. The number of likely N-dealkylation sites (N-methyl/N-ethyl adjacent to an activating group) is 1. The van der Waals surface area contributed by atoms with E-state index in [4.69, 9.17) is 5.11 Å². The number of carboxylic acids is 1. The molecule has 0 unspecified atom stereocenters. The highest BCUT2D eigenvalue weighted by atomic mass is 16.4. The number of aliphatic carboxylic acids is 1. The zero-order valence-electron chi connectivity index (χ0n) is 10.9. The van der Waals surface area contributed by atoms with Gasteiger partial charge < -0.3 is 10.0 Å². The second-order valence-electron chi connectivity index (χ2n) is 4.10. The fourth-order valence-electron chi connectivity index (χ4n) is 1.80. The van der Waals surface area contributed by atoms with E-state index < -0.39 is 5.97 Å². The van der Waals surface area contributed by atoms with Crippen LogP contribution in [0.1, 0.15) is 33.6 Å². The molecule has 0 aromatic carbocycles. The lowest BCUT2D eigenvalue weighted by atomic mass is 10.3. The van der Waals surface area contributed by atoms with Crippen molar-refractivity contribution in [3.05, 3.63) is 0 Å². The first-order chi connectivity index (χ1) is 7.63. The van der Waals surface area contributed by atoms with Gasteiger partial charge in [-0.3, -0.25) is 9.69 Å². The number of hydrogen-bond donors (Lipinski definition) is 1. The Balaban J connectivity index is 3.92. The SMILES string of the molecule is CCCN(CC)CCN(CCC)CC(=O)O. The third kappa shape index (κ3) is 7.65. The molecule has 0 aliphatic carbocycles. The Bertz CT molecular complexity index is 186. The summed E-state index contributed by atoms with van der Waals surface area (Å²) in [6, 6.07) is 0. The first kappa shape index (κ1) is 15.4. The fourth-order valence-corrected chi connectivity index (χ4v) is 1.80. The normalized spacial score (nSPS) is 11.3. The van der Waals surface area contributed by atoms with E-state index in [9.17, 15) is 4.79 Å². The Morgan fingerprint density at radius 2 is 1.44 bits per heavy atom. The Hall–Kier alpha value is -0.610. The van der Waals surface area contributed by atoms with Gasteiger partial charge in [0.2, 0.25) is 0 Å². The van der Waals surface area contributed by atoms with Crippen LogP contribution in [-0.2, 0) is 4.79 Å². The molecule has 0 fully saturated rings. The summed E-state index contributed by atoms with van der Waals surface area (Å²) in [7, 11) is 0. The Morgan fingerprint density at radius 1 is 0.938 bits per heavy atom. The number of carboxylic acid groups (broad SMARTS) is 1. The second-order valence-corrected chi connectivity index (χ2v) is 4.10. The molecule has 0 amide bonds. The van der Waals surface area contributed by atoms with E-state index in [-0.39, 0.29) is 6.54 Å². The van der Waals surface area contributed by atoms with Crippen molar-refractivity contribution < 1.29 is 9.90 Å². The summed E-state index contributed by atoms with van der Waals surface area (Å²) in [5, 5.41) is 8.78. The fraction of sp³-hybridized carbons (Fsp3) is 0.917. The summed E-state index contributed by atoms with van der Waals surface area (Å²) in [6.07, 6.45) is 2.16. The highest BCUT2D eigenvalue weighted by molar-refractivity contribution is 5.69. The van der Waals surface area contributed by atoms with E-state index in [1.165, 1.54) is 0 Å². The number of rotatable bonds is 10. The van der Waals surface area contributed by atoms with Crippen LogP contribution in [0.15, 0.2) is 0 Å². The third-order valence-corrected chi connectivity index (χ3v) is 2.62. The van der Waals surface area contributed by atoms with Crippen molar-refractivity contribution in [3.63, 3.8) is 0 Å². The van der Waals surface area contributed by atoms with Gasteiger partial charge in [-0.1, -0.05) is 20.8 Å². The zero-order valence-corrected chi connectivity index (χ0v) is 10.9. The summed E-state index contributed by atoms with van der Waals surface area (Å²) in [5.74, 6) is -0.730. The van der Waals surface area contributed by atoms with Gasteiger partial charge in [0.25, 0.3) is 0 Å². The van der Waals surface area contributed by atoms with Gasteiger partial charge in [-0.05, 0) is 32.5 Å². The van der Waals surface area contributed by atoms with Gasteiger partial charge >= 0.3 is 5.97 Å². The number of nitrogens with zero attached hydrogens (tertiary/aromatic N) is 2. The molecular formula is C12H26N2O2.